The Balaban J connectivity index is 1.38. The summed E-state index contributed by atoms with van der Waals surface area (Å²) in [6, 6.07) is 37.4. The van der Waals surface area contributed by atoms with Crippen LogP contribution in [-0.4, -0.2) is 20.8 Å². The van der Waals surface area contributed by atoms with E-state index in [1.54, 1.807) is 11.8 Å². The summed E-state index contributed by atoms with van der Waals surface area (Å²) in [5.74, 6) is 1.34. The number of aryl methyl sites for hydroxylation is 2. The third kappa shape index (κ3) is 6.80. The molecule has 6 aromatic rings. The third-order valence-electron chi connectivity index (χ3n) is 7.46. The van der Waals surface area contributed by atoms with Crippen molar-refractivity contribution in [3.8, 4) is 5.69 Å². The van der Waals surface area contributed by atoms with Crippen LogP contribution in [0.4, 0.5) is 10.5 Å². The molecule has 0 bridgehead atoms. The number of nitrogens with zero attached hydrogens (tertiary/aromatic N) is 3. The van der Waals surface area contributed by atoms with Crippen molar-refractivity contribution >= 4 is 45.9 Å². The molecule has 220 valence electrons. The highest BCUT2D eigenvalue weighted by Crippen LogP contribution is 2.32. The Morgan fingerprint density at radius 2 is 1.59 bits per heavy atom. The largest absolute Gasteiger partial charge is 0.327 e. The van der Waals surface area contributed by atoms with Crippen molar-refractivity contribution in [2.45, 2.75) is 37.2 Å². The van der Waals surface area contributed by atoms with Crippen molar-refractivity contribution in [3.05, 3.63) is 148 Å². The minimum Gasteiger partial charge on any atom is -0.327 e. The van der Waals surface area contributed by atoms with E-state index in [0.29, 0.717) is 17.3 Å². The summed E-state index contributed by atoms with van der Waals surface area (Å²) in [4.78, 5) is 13.6. The average molecular weight is 618 g/mol. The SMILES string of the molecule is Cc1cccc(CSc2nnc(C(Cc3ccccc3)NC(=O)Nc3cccc4ccccc34)n2-c2cc(Cl)ccc2C)c1. The maximum atomic E-state index is 13.6. The molecule has 6 rings (SSSR count). The van der Waals surface area contributed by atoms with Crippen molar-refractivity contribution < 1.29 is 4.79 Å². The summed E-state index contributed by atoms with van der Waals surface area (Å²) < 4.78 is 2.04. The molecule has 0 fully saturated rings. The van der Waals surface area contributed by atoms with Gasteiger partial charge >= 0.3 is 6.03 Å². The molecule has 0 aliphatic carbocycles. The van der Waals surface area contributed by atoms with Crippen LogP contribution in [0, 0.1) is 13.8 Å². The zero-order valence-electron chi connectivity index (χ0n) is 24.5. The molecular formula is C36H32ClN5OS. The first-order valence-corrected chi connectivity index (χ1v) is 15.8. The van der Waals surface area contributed by atoms with E-state index in [0.717, 1.165) is 44.2 Å². The zero-order chi connectivity index (χ0) is 30.5. The molecule has 0 aliphatic heterocycles. The maximum Gasteiger partial charge on any atom is 0.319 e. The standard InChI is InChI=1S/C36H32ClN5OS/c1-24-10-8-13-27(20-24)23-44-36-41-40-34(42(36)33-22-29(37)19-18-25(33)2)32(21-26-11-4-3-5-12-26)39-35(43)38-31-17-9-15-28-14-6-7-16-30(28)31/h3-20,22,32H,21,23H2,1-2H3,(H2,38,39,43). The van der Waals surface area contributed by atoms with Crippen molar-refractivity contribution in [1.82, 2.24) is 20.1 Å². The Morgan fingerprint density at radius 1 is 0.841 bits per heavy atom. The van der Waals surface area contributed by atoms with Crippen LogP contribution in [0.3, 0.4) is 0 Å². The molecule has 0 saturated carbocycles. The first-order valence-electron chi connectivity index (χ1n) is 14.4. The molecular weight excluding hydrogens is 586 g/mol. The Labute approximate surface area is 266 Å². The molecule has 1 aromatic heterocycles. The van der Waals surface area contributed by atoms with E-state index >= 15 is 0 Å². The van der Waals surface area contributed by atoms with E-state index in [9.17, 15) is 4.79 Å². The van der Waals surface area contributed by atoms with E-state index in [1.807, 2.05) is 90.4 Å². The fourth-order valence-corrected chi connectivity index (χ4v) is 6.37. The number of aromatic nitrogens is 3. The minimum absolute atomic E-state index is 0.325. The summed E-state index contributed by atoms with van der Waals surface area (Å²) in [7, 11) is 0. The highest BCUT2D eigenvalue weighted by atomic mass is 35.5. The van der Waals surface area contributed by atoms with Gasteiger partial charge in [0.05, 0.1) is 17.4 Å². The number of carbonyl (C=O) groups excluding carboxylic acids is 1. The van der Waals surface area contributed by atoms with Crippen LogP contribution < -0.4 is 10.6 Å². The fourth-order valence-electron chi connectivity index (χ4n) is 5.31. The van der Waals surface area contributed by atoms with Crippen LogP contribution in [0.2, 0.25) is 5.02 Å². The second-order valence-electron chi connectivity index (χ2n) is 10.8. The van der Waals surface area contributed by atoms with Crippen molar-refractivity contribution in [2.24, 2.45) is 0 Å². The summed E-state index contributed by atoms with van der Waals surface area (Å²) in [6.45, 7) is 4.13. The summed E-state index contributed by atoms with van der Waals surface area (Å²) in [5.41, 5.74) is 6.10. The second kappa shape index (κ2) is 13.4. The molecule has 6 nitrogen and oxygen atoms in total. The summed E-state index contributed by atoms with van der Waals surface area (Å²) >= 11 is 8.12. The quantitative estimate of drug-likeness (QED) is 0.159. The van der Waals surface area contributed by atoms with Crippen LogP contribution in [0.5, 0.6) is 0 Å². The van der Waals surface area contributed by atoms with Crippen LogP contribution in [-0.2, 0) is 12.2 Å². The molecule has 0 spiro atoms. The Hall–Kier alpha value is -4.59. The number of anilines is 1. The highest BCUT2D eigenvalue weighted by molar-refractivity contribution is 7.98. The van der Waals surface area contributed by atoms with Gasteiger partial charge in [0.2, 0.25) is 0 Å². The Bertz CT molecular complexity index is 1920. The molecule has 1 unspecified atom stereocenters. The molecule has 2 amide bonds. The molecule has 0 radical (unpaired) electrons. The molecule has 44 heavy (non-hydrogen) atoms. The highest BCUT2D eigenvalue weighted by Gasteiger charge is 2.26. The van der Waals surface area contributed by atoms with Crippen molar-refractivity contribution in [3.63, 3.8) is 0 Å². The number of amides is 2. The number of hydrogen-bond donors (Lipinski definition) is 2. The number of halogens is 1. The van der Waals surface area contributed by atoms with Gasteiger partial charge in [-0.2, -0.15) is 0 Å². The number of hydrogen-bond acceptors (Lipinski definition) is 4. The summed E-state index contributed by atoms with van der Waals surface area (Å²) in [6.07, 6.45) is 0.518. The van der Waals surface area contributed by atoms with Crippen molar-refractivity contribution in [1.29, 1.82) is 0 Å². The van der Waals surface area contributed by atoms with Crippen LogP contribution >= 0.6 is 23.4 Å². The lowest BCUT2D eigenvalue weighted by atomic mass is 10.0. The van der Waals surface area contributed by atoms with Gasteiger partial charge in [-0.15, -0.1) is 10.2 Å². The normalized spacial score (nSPS) is 11.8. The van der Waals surface area contributed by atoms with Crippen LogP contribution in [0.25, 0.3) is 16.5 Å². The predicted molar refractivity (Wildman–Crippen MR) is 181 cm³/mol. The van der Waals surface area contributed by atoms with Crippen molar-refractivity contribution in [2.75, 3.05) is 5.32 Å². The Morgan fingerprint density at radius 3 is 2.43 bits per heavy atom. The molecule has 0 aliphatic rings. The Kier molecular flexibility index (Phi) is 8.96. The smallest absolute Gasteiger partial charge is 0.319 e. The average Bonchev–Trinajstić information content (AvgIpc) is 3.45. The second-order valence-corrected chi connectivity index (χ2v) is 12.1. The van der Waals surface area contributed by atoms with Gasteiger partial charge in [0.1, 0.15) is 0 Å². The van der Waals surface area contributed by atoms with Gasteiger partial charge in [0.25, 0.3) is 0 Å². The monoisotopic (exact) mass is 617 g/mol. The van der Waals surface area contributed by atoms with E-state index in [1.165, 1.54) is 11.1 Å². The predicted octanol–water partition coefficient (Wildman–Crippen LogP) is 9.09. The third-order valence-corrected chi connectivity index (χ3v) is 8.69. The number of urea groups is 1. The maximum absolute atomic E-state index is 13.6. The number of fused-ring (bicyclic) bond motifs is 1. The van der Waals surface area contributed by atoms with E-state index in [2.05, 4.69) is 59.1 Å². The van der Waals surface area contributed by atoms with Gasteiger partial charge in [0, 0.05) is 22.6 Å². The van der Waals surface area contributed by atoms with Gasteiger partial charge in [-0.05, 0) is 54.1 Å². The number of thioether (sulfide) groups is 1. The van der Waals surface area contributed by atoms with E-state index < -0.39 is 6.04 Å². The zero-order valence-corrected chi connectivity index (χ0v) is 26.1. The number of rotatable bonds is 9. The lowest BCUT2D eigenvalue weighted by molar-refractivity contribution is 0.247. The van der Waals surface area contributed by atoms with Gasteiger partial charge in [-0.1, -0.05) is 126 Å². The summed E-state index contributed by atoms with van der Waals surface area (Å²) in [5, 5.41) is 19.0. The van der Waals surface area contributed by atoms with Crippen LogP contribution in [0.15, 0.2) is 120 Å². The molecule has 0 saturated heterocycles. The topological polar surface area (TPSA) is 71.8 Å². The van der Waals surface area contributed by atoms with Gasteiger partial charge < -0.3 is 10.6 Å². The van der Waals surface area contributed by atoms with Crippen LogP contribution in [0.1, 0.15) is 34.1 Å². The fraction of sp³-hybridized carbons (Fsp3) is 0.139. The molecule has 2 N–H and O–H groups in total. The first kappa shape index (κ1) is 29.5. The number of carbonyl (C=O) groups is 1. The van der Waals surface area contributed by atoms with Gasteiger partial charge in [-0.3, -0.25) is 4.57 Å². The lowest BCUT2D eigenvalue weighted by Crippen LogP contribution is -2.35. The lowest BCUT2D eigenvalue weighted by Gasteiger charge is -2.22. The number of nitrogens with one attached hydrogen (secondary N) is 2. The van der Waals surface area contributed by atoms with E-state index in [-0.39, 0.29) is 6.03 Å². The van der Waals surface area contributed by atoms with Gasteiger partial charge in [0.15, 0.2) is 11.0 Å². The molecule has 1 atom stereocenters. The molecule has 8 heteroatoms. The first-order chi connectivity index (χ1) is 21.4. The molecule has 5 aromatic carbocycles. The van der Waals surface area contributed by atoms with E-state index in [4.69, 9.17) is 16.7 Å². The molecule has 1 heterocycles. The minimum atomic E-state index is -0.494. The number of benzene rings is 5. The van der Waals surface area contributed by atoms with Gasteiger partial charge in [-0.25, -0.2) is 4.79 Å².